The summed E-state index contributed by atoms with van der Waals surface area (Å²) >= 11 is 1.27. The van der Waals surface area contributed by atoms with Crippen molar-refractivity contribution < 1.29 is 14.5 Å². The van der Waals surface area contributed by atoms with Crippen molar-refractivity contribution >= 4 is 29.0 Å². The Morgan fingerprint density at radius 3 is 2.44 bits per heavy atom. The lowest BCUT2D eigenvalue weighted by Gasteiger charge is -2.10. The Kier molecular flexibility index (Phi) is 7.82. The SMILES string of the molecule is CCn1c(COc2ccc(C(C)C)cc2)nnc1SCC(=O)Nc1ccc([N+](=O)[O-])cc1. The van der Waals surface area contributed by atoms with Crippen LogP contribution in [0, 0.1) is 10.1 Å². The van der Waals surface area contributed by atoms with E-state index in [4.69, 9.17) is 4.74 Å². The minimum absolute atomic E-state index is 0.0287. The Bertz CT molecular complexity index is 1060. The molecule has 0 unspecified atom stereocenters. The normalized spacial score (nSPS) is 10.9. The third-order valence-corrected chi connectivity index (χ3v) is 5.69. The molecule has 32 heavy (non-hydrogen) atoms. The highest BCUT2D eigenvalue weighted by molar-refractivity contribution is 7.99. The molecule has 0 bridgehead atoms. The summed E-state index contributed by atoms with van der Waals surface area (Å²) < 4.78 is 7.76. The first-order chi connectivity index (χ1) is 15.4. The molecule has 0 saturated carbocycles. The molecule has 0 fully saturated rings. The predicted molar refractivity (Wildman–Crippen MR) is 123 cm³/mol. The third kappa shape index (κ3) is 6.07. The molecule has 1 amide bonds. The van der Waals surface area contributed by atoms with Gasteiger partial charge in [0, 0.05) is 24.4 Å². The van der Waals surface area contributed by atoms with E-state index in [0.717, 1.165) is 5.75 Å². The molecule has 2 aromatic carbocycles. The molecule has 0 aliphatic heterocycles. The largest absolute Gasteiger partial charge is 0.486 e. The van der Waals surface area contributed by atoms with E-state index in [1.54, 1.807) is 0 Å². The Hall–Kier alpha value is -3.40. The van der Waals surface area contributed by atoms with Crippen molar-refractivity contribution in [3.63, 3.8) is 0 Å². The van der Waals surface area contributed by atoms with Crippen molar-refractivity contribution in [1.29, 1.82) is 0 Å². The fraction of sp³-hybridized carbons (Fsp3) is 0.318. The lowest BCUT2D eigenvalue weighted by Crippen LogP contribution is -2.15. The van der Waals surface area contributed by atoms with Crippen molar-refractivity contribution in [3.8, 4) is 5.75 Å². The van der Waals surface area contributed by atoms with Crippen LogP contribution < -0.4 is 10.1 Å². The number of aromatic nitrogens is 3. The molecule has 0 spiro atoms. The van der Waals surface area contributed by atoms with Crippen molar-refractivity contribution in [2.45, 2.75) is 45.0 Å². The molecule has 3 aromatic rings. The topological polar surface area (TPSA) is 112 Å². The van der Waals surface area contributed by atoms with Gasteiger partial charge in [0.2, 0.25) is 5.91 Å². The molecule has 0 atom stereocenters. The van der Waals surface area contributed by atoms with Gasteiger partial charge in [-0.15, -0.1) is 10.2 Å². The summed E-state index contributed by atoms with van der Waals surface area (Å²) in [7, 11) is 0. The molecule has 3 rings (SSSR count). The van der Waals surface area contributed by atoms with Crippen LogP contribution >= 0.6 is 11.8 Å². The number of carbonyl (C=O) groups is 1. The minimum Gasteiger partial charge on any atom is -0.486 e. The quantitative estimate of drug-likeness (QED) is 0.269. The average Bonchev–Trinajstić information content (AvgIpc) is 3.18. The van der Waals surface area contributed by atoms with E-state index in [2.05, 4.69) is 41.5 Å². The number of nitrogens with zero attached hydrogens (tertiary/aromatic N) is 4. The number of nitrogens with one attached hydrogen (secondary N) is 1. The number of benzene rings is 2. The lowest BCUT2D eigenvalue weighted by molar-refractivity contribution is -0.384. The van der Waals surface area contributed by atoms with Crippen molar-refractivity contribution in [3.05, 3.63) is 70.0 Å². The molecule has 168 valence electrons. The highest BCUT2D eigenvalue weighted by atomic mass is 32.2. The Balaban J connectivity index is 1.54. The molecule has 0 aliphatic rings. The van der Waals surface area contributed by atoms with Gasteiger partial charge in [-0.1, -0.05) is 37.7 Å². The molecule has 0 aliphatic carbocycles. The fourth-order valence-corrected chi connectivity index (χ4v) is 3.76. The van der Waals surface area contributed by atoms with Crippen LogP contribution in [0.3, 0.4) is 0 Å². The zero-order valence-electron chi connectivity index (χ0n) is 18.1. The highest BCUT2D eigenvalue weighted by Crippen LogP contribution is 2.22. The lowest BCUT2D eigenvalue weighted by atomic mass is 10.0. The maximum absolute atomic E-state index is 12.2. The Labute approximate surface area is 190 Å². The zero-order chi connectivity index (χ0) is 23.1. The summed E-state index contributed by atoms with van der Waals surface area (Å²) in [5, 5.41) is 22.4. The van der Waals surface area contributed by atoms with E-state index in [0.29, 0.717) is 29.1 Å². The number of hydrogen-bond donors (Lipinski definition) is 1. The second-order valence-electron chi connectivity index (χ2n) is 7.30. The van der Waals surface area contributed by atoms with Crippen LogP contribution in [-0.2, 0) is 17.9 Å². The fourth-order valence-electron chi connectivity index (χ4n) is 2.94. The van der Waals surface area contributed by atoms with Crippen LogP contribution in [-0.4, -0.2) is 31.3 Å². The first-order valence-electron chi connectivity index (χ1n) is 10.2. The van der Waals surface area contributed by atoms with Gasteiger partial charge < -0.3 is 14.6 Å². The van der Waals surface area contributed by atoms with Gasteiger partial charge in [0.15, 0.2) is 11.0 Å². The maximum atomic E-state index is 12.2. The Morgan fingerprint density at radius 2 is 1.84 bits per heavy atom. The van der Waals surface area contributed by atoms with Gasteiger partial charge in [0.1, 0.15) is 12.4 Å². The predicted octanol–water partition coefficient (Wildman–Crippen LogP) is 4.64. The van der Waals surface area contributed by atoms with Crippen LogP contribution in [0.4, 0.5) is 11.4 Å². The van der Waals surface area contributed by atoms with Crippen molar-refractivity contribution in [2.24, 2.45) is 0 Å². The maximum Gasteiger partial charge on any atom is 0.269 e. The molecule has 0 radical (unpaired) electrons. The number of anilines is 1. The van der Waals surface area contributed by atoms with Crippen LogP contribution in [0.25, 0.3) is 0 Å². The average molecular weight is 456 g/mol. The highest BCUT2D eigenvalue weighted by Gasteiger charge is 2.14. The molecule has 1 N–H and O–H groups in total. The molecule has 1 heterocycles. The first-order valence-corrected chi connectivity index (χ1v) is 11.2. The van der Waals surface area contributed by atoms with E-state index in [1.165, 1.54) is 41.6 Å². The van der Waals surface area contributed by atoms with Gasteiger partial charge in [-0.3, -0.25) is 14.9 Å². The standard InChI is InChI=1S/C22H25N5O4S/c1-4-26-20(13-31-19-11-5-16(6-12-19)15(2)3)24-25-22(26)32-14-21(28)23-17-7-9-18(10-8-17)27(29)30/h5-12,15H,4,13-14H2,1-3H3,(H,23,28). The zero-order valence-corrected chi connectivity index (χ0v) is 19.0. The van der Waals surface area contributed by atoms with Crippen LogP contribution in [0.1, 0.15) is 38.1 Å². The number of nitro groups is 1. The Morgan fingerprint density at radius 1 is 1.16 bits per heavy atom. The smallest absolute Gasteiger partial charge is 0.269 e. The monoisotopic (exact) mass is 455 g/mol. The minimum atomic E-state index is -0.485. The molecular weight excluding hydrogens is 430 g/mol. The van der Waals surface area contributed by atoms with Crippen LogP contribution in [0.5, 0.6) is 5.75 Å². The second-order valence-corrected chi connectivity index (χ2v) is 8.24. The number of nitro benzene ring substituents is 1. The second kappa shape index (κ2) is 10.8. The van der Waals surface area contributed by atoms with E-state index >= 15 is 0 Å². The molecule has 9 nitrogen and oxygen atoms in total. The summed E-state index contributed by atoms with van der Waals surface area (Å²) in [6, 6.07) is 13.7. The van der Waals surface area contributed by atoms with E-state index < -0.39 is 4.92 Å². The molecule has 10 heteroatoms. The van der Waals surface area contributed by atoms with E-state index in [1.807, 2.05) is 23.6 Å². The summed E-state index contributed by atoms with van der Waals surface area (Å²) in [6.45, 7) is 7.18. The summed E-state index contributed by atoms with van der Waals surface area (Å²) in [4.78, 5) is 22.5. The van der Waals surface area contributed by atoms with Crippen molar-refractivity contribution in [2.75, 3.05) is 11.1 Å². The van der Waals surface area contributed by atoms with E-state index in [-0.39, 0.29) is 24.0 Å². The molecule has 0 saturated heterocycles. The van der Waals surface area contributed by atoms with Gasteiger partial charge in [0.25, 0.3) is 5.69 Å². The van der Waals surface area contributed by atoms with Gasteiger partial charge in [0.05, 0.1) is 10.7 Å². The summed E-state index contributed by atoms with van der Waals surface area (Å²) in [5.74, 6) is 1.80. The first kappa shape index (κ1) is 23.3. The van der Waals surface area contributed by atoms with Gasteiger partial charge in [-0.2, -0.15) is 0 Å². The molecular formula is C22H25N5O4S. The van der Waals surface area contributed by atoms with Gasteiger partial charge >= 0.3 is 0 Å². The van der Waals surface area contributed by atoms with Crippen LogP contribution in [0.2, 0.25) is 0 Å². The van der Waals surface area contributed by atoms with Crippen LogP contribution in [0.15, 0.2) is 53.7 Å². The number of ether oxygens (including phenoxy) is 1. The van der Waals surface area contributed by atoms with Crippen molar-refractivity contribution in [1.82, 2.24) is 14.8 Å². The third-order valence-electron chi connectivity index (χ3n) is 4.72. The summed E-state index contributed by atoms with van der Waals surface area (Å²) in [5.41, 5.74) is 1.72. The van der Waals surface area contributed by atoms with E-state index in [9.17, 15) is 14.9 Å². The number of hydrogen-bond acceptors (Lipinski definition) is 7. The number of rotatable bonds is 10. The van der Waals surface area contributed by atoms with Gasteiger partial charge in [-0.05, 0) is 42.7 Å². The van der Waals surface area contributed by atoms with Gasteiger partial charge in [-0.25, -0.2) is 0 Å². The summed E-state index contributed by atoms with van der Waals surface area (Å²) in [6.07, 6.45) is 0. The number of thioether (sulfide) groups is 1. The number of amides is 1. The molecule has 1 aromatic heterocycles. The number of carbonyl (C=O) groups excluding carboxylic acids is 1. The number of non-ortho nitro benzene ring substituents is 1.